The molecule has 0 spiro atoms. The fourth-order valence-electron chi connectivity index (χ4n) is 3.16. The molecule has 0 aromatic rings. The molecule has 0 heterocycles. The van der Waals surface area contributed by atoms with E-state index in [0.717, 1.165) is 43.4 Å². The molecular weight excluding hydrogens is 284 g/mol. The van der Waals surface area contributed by atoms with Crippen LogP contribution >= 0.6 is 0 Å². The first kappa shape index (κ1) is 22.2. The maximum Gasteiger partial charge on any atom is 0.331 e. The van der Waals surface area contributed by atoms with Gasteiger partial charge < -0.3 is 5.11 Å². The van der Waals surface area contributed by atoms with Crippen molar-refractivity contribution in [2.75, 3.05) is 0 Å². The largest absolute Gasteiger partial charge is 0.478 e. The summed E-state index contributed by atoms with van der Waals surface area (Å²) in [6.07, 6.45) is 13.6. The highest BCUT2D eigenvalue weighted by molar-refractivity contribution is 5.86. The lowest BCUT2D eigenvalue weighted by atomic mass is 9.91. The minimum atomic E-state index is -0.741. The van der Waals surface area contributed by atoms with Crippen LogP contribution in [-0.2, 0) is 4.79 Å². The lowest BCUT2D eigenvalue weighted by Gasteiger charge is -2.15. The average Bonchev–Trinajstić information content (AvgIpc) is 2.45. The van der Waals surface area contributed by atoms with Crippen LogP contribution in [0.1, 0.15) is 98.8 Å². The molecule has 0 aliphatic rings. The molecule has 136 valence electrons. The lowest BCUT2D eigenvalue weighted by molar-refractivity contribution is -0.132. The van der Waals surface area contributed by atoms with E-state index in [1.165, 1.54) is 38.5 Å². The Morgan fingerprint density at radius 2 is 1.35 bits per heavy atom. The smallest absolute Gasteiger partial charge is 0.331 e. The molecular formula is C21H40O2. The summed E-state index contributed by atoms with van der Waals surface area (Å²) in [5.74, 6) is 1.66. The maximum absolute atomic E-state index is 11.1. The minimum absolute atomic E-state index is 0.596. The van der Waals surface area contributed by atoms with Crippen molar-refractivity contribution in [3.8, 4) is 0 Å². The van der Waals surface area contributed by atoms with Gasteiger partial charge in [-0.3, -0.25) is 0 Å². The molecule has 0 amide bonds. The Labute approximate surface area is 144 Å². The van der Waals surface area contributed by atoms with Gasteiger partial charge in [0.1, 0.15) is 0 Å². The van der Waals surface area contributed by atoms with Crippen molar-refractivity contribution in [1.82, 2.24) is 0 Å². The molecule has 0 aliphatic heterocycles. The molecule has 23 heavy (non-hydrogen) atoms. The second-order valence-electron chi connectivity index (χ2n) is 7.80. The fourth-order valence-corrected chi connectivity index (χ4v) is 3.16. The molecule has 2 heteroatoms. The Morgan fingerprint density at radius 1 is 0.870 bits per heavy atom. The third-order valence-corrected chi connectivity index (χ3v) is 4.74. The highest BCUT2D eigenvalue weighted by Crippen LogP contribution is 2.22. The van der Waals surface area contributed by atoms with E-state index >= 15 is 0 Å². The molecule has 0 aliphatic carbocycles. The van der Waals surface area contributed by atoms with Gasteiger partial charge in [-0.25, -0.2) is 4.79 Å². The zero-order chi connectivity index (χ0) is 17.7. The van der Waals surface area contributed by atoms with Crippen molar-refractivity contribution in [3.63, 3.8) is 0 Å². The van der Waals surface area contributed by atoms with Crippen molar-refractivity contribution in [2.45, 2.75) is 98.8 Å². The van der Waals surface area contributed by atoms with E-state index < -0.39 is 5.97 Å². The van der Waals surface area contributed by atoms with Crippen molar-refractivity contribution < 1.29 is 9.90 Å². The topological polar surface area (TPSA) is 37.3 Å². The summed E-state index contributed by atoms with van der Waals surface area (Å²) >= 11 is 0. The molecule has 0 radical (unpaired) electrons. The predicted molar refractivity (Wildman–Crippen MR) is 101 cm³/mol. The standard InChI is InChI=1S/C21H40O2/c1-6-10-20(21(22)23)16-9-15-19(5)14-8-13-18(4)12-7-11-17(2)3/h10,17-19H,6-9,11-16H2,1-5H3,(H,22,23). The summed E-state index contributed by atoms with van der Waals surface area (Å²) in [7, 11) is 0. The van der Waals surface area contributed by atoms with Crippen LogP contribution in [0.4, 0.5) is 0 Å². The van der Waals surface area contributed by atoms with E-state index in [9.17, 15) is 4.79 Å². The van der Waals surface area contributed by atoms with Gasteiger partial charge in [0, 0.05) is 5.57 Å². The predicted octanol–water partition coefficient (Wildman–Crippen LogP) is 6.85. The minimum Gasteiger partial charge on any atom is -0.478 e. The summed E-state index contributed by atoms with van der Waals surface area (Å²) in [5, 5.41) is 9.11. The van der Waals surface area contributed by atoms with Crippen LogP contribution in [0.3, 0.4) is 0 Å². The molecule has 0 saturated heterocycles. The second kappa shape index (κ2) is 13.6. The van der Waals surface area contributed by atoms with Gasteiger partial charge in [-0.15, -0.1) is 0 Å². The Bertz CT molecular complexity index is 331. The van der Waals surface area contributed by atoms with E-state index in [-0.39, 0.29) is 0 Å². The second-order valence-corrected chi connectivity index (χ2v) is 7.80. The van der Waals surface area contributed by atoms with Crippen molar-refractivity contribution in [1.29, 1.82) is 0 Å². The third-order valence-electron chi connectivity index (χ3n) is 4.74. The van der Waals surface area contributed by atoms with Gasteiger partial charge in [-0.1, -0.05) is 85.6 Å². The van der Waals surface area contributed by atoms with Crippen LogP contribution < -0.4 is 0 Å². The van der Waals surface area contributed by atoms with Crippen molar-refractivity contribution in [3.05, 3.63) is 11.6 Å². The van der Waals surface area contributed by atoms with E-state index in [0.29, 0.717) is 5.57 Å². The first-order valence-electron chi connectivity index (χ1n) is 9.79. The number of carboxylic acid groups (broad SMARTS) is 1. The summed E-state index contributed by atoms with van der Waals surface area (Å²) in [6, 6.07) is 0. The van der Waals surface area contributed by atoms with Crippen LogP contribution in [-0.4, -0.2) is 11.1 Å². The molecule has 2 atom stereocenters. The van der Waals surface area contributed by atoms with E-state index in [2.05, 4.69) is 27.7 Å². The van der Waals surface area contributed by atoms with Gasteiger partial charge in [0.25, 0.3) is 0 Å². The molecule has 2 unspecified atom stereocenters. The summed E-state index contributed by atoms with van der Waals surface area (Å²) in [6.45, 7) is 11.3. The summed E-state index contributed by atoms with van der Waals surface area (Å²) in [5.41, 5.74) is 0.596. The average molecular weight is 325 g/mol. The van der Waals surface area contributed by atoms with Gasteiger partial charge in [0.15, 0.2) is 0 Å². The Kier molecular flexibility index (Phi) is 13.2. The number of hydrogen-bond acceptors (Lipinski definition) is 1. The summed E-state index contributed by atoms with van der Waals surface area (Å²) in [4.78, 5) is 11.1. The van der Waals surface area contributed by atoms with Gasteiger partial charge >= 0.3 is 5.97 Å². The van der Waals surface area contributed by atoms with Gasteiger partial charge in [-0.05, 0) is 37.0 Å². The van der Waals surface area contributed by atoms with E-state index in [1.54, 1.807) is 0 Å². The van der Waals surface area contributed by atoms with Crippen LogP contribution in [0.15, 0.2) is 11.6 Å². The molecule has 0 rings (SSSR count). The van der Waals surface area contributed by atoms with E-state index in [1.807, 2.05) is 13.0 Å². The molecule has 2 nitrogen and oxygen atoms in total. The SMILES string of the molecule is CCC=C(CCCC(C)CCCC(C)CCCC(C)C)C(=O)O. The number of hydrogen-bond donors (Lipinski definition) is 1. The monoisotopic (exact) mass is 324 g/mol. The van der Waals surface area contributed by atoms with Gasteiger partial charge in [-0.2, -0.15) is 0 Å². The normalized spacial score (nSPS) is 15.0. The van der Waals surface area contributed by atoms with Crippen molar-refractivity contribution in [2.24, 2.45) is 17.8 Å². The summed E-state index contributed by atoms with van der Waals surface area (Å²) < 4.78 is 0. The Balaban J connectivity index is 3.72. The first-order chi connectivity index (χ1) is 10.9. The van der Waals surface area contributed by atoms with Crippen LogP contribution in [0.5, 0.6) is 0 Å². The van der Waals surface area contributed by atoms with Crippen LogP contribution in [0.2, 0.25) is 0 Å². The van der Waals surface area contributed by atoms with Gasteiger partial charge in [0.2, 0.25) is 0 Å². The first-order valence-corrected chi connectivity index (χ1v) is 9.79. The Hall–Kier alpha value is -0.790. The number of allylic oxidation sites excluding steroid dienone is 1. The van der Waals surface area contributed by atoms with Crippen LogP contribution in [0, 0.1) is 17.8 Å². The Morgan fingerprint density at radius 3 is 1.78 bits per heavy atom. The highest BCUT2D eigenvalue weighted by Gasteiger charge is 2.09. The quantitative estimate of drug-likeness (QED) is 0.355. The fraction of sp³-hybridized carbons (Fsp3) is 0.857. The number of carbonyl (C=O) groups is 1. The number of rotatable bonds is 14. The zero-order valence-electron chi connectivity index (χ0n) is 16.2. The van der Waals surface area contributed by atoms with Crippen LogP contribution in [0.25, 0.3) is 0 Å². The third kappa shape index (κ3) is 13.4. The highest BCUT2D eigenvalue weighted by atomic mass is 16.4. The molecule has 0 aromatic heterocycles. The molecule has 0 fully saturated rings. The molecule has 0 saturated carbocycles. The maximum atomic E-state index is 11.1. The molecule has 0 aromatic carbocycles. The molecule has 1 N–H and O–H groups in total. The van der Waals surface area contributed by atoms with Crippen molar-refractivity contribution >= 4 is 5.97 Å². The number of aliphatic carboxylic acids is 1. The zero-order valence-corrected chi connectivity index (χ0v) is 16.2. The van der Waals surface area contributed by atoms with Gasteiger partial charge in [0.05, 0.1) is 0 Å². The lowest BCUT2D eigenvalue weighted by Crippen LogP contribution is -2.03. The molecule has 0 bridgehead atoms. The van der Waals surface area contributed by atoms with E-state index in [4.69, 9.17) is 5.11 Å². The number of carboxylic acids is 1.